The molecule has 2 aliphatic rings. The lowest BCUT2D eigenvalue weighted by Crippen LogP contribution is -2.39. The van der Waals surface area contributed by atoms with E-state index in [-0.39, 0.29) is 29.5 Å². The minimum absolute atomic E-state index is 0.00984. The number of hydrogen-bond acceptors (Lipinski definition) is 5. The Balaban J connectivity index is 1.27. The van der Waals surface area contributed by atoms with Crippen molar-refractivity contribution in [2.24, 2.45) is 11.8 Å². The summed E-state index contributed by atoms with van der Waals surface area (Å²) in [6, 6.07) is 13.1. The number of halogens is 1. The molecule has 7 nitrogen and oxygen atoms in total. The molecular weight excluding hydrogens is 423 g/mol. The van der Waals surface area contributed by atoms with Gasteiger partial charge >= 0.3 is 0 Å². The van der Waals surface area contributed by atoms with Crippen LogP contribution in [-0.4, -0.2) is 39.9 Å². The van der Waals surface area contributed by atoms with Crippen molar-refractivity contribution in [3.05, 3.63) is 65.8 Å². The molecule has 33 heavy (non-hydrogen) atoms. The molecule has 2 aromatic carbocycles. The number of amides is 2. The van der Waals surface area contributed by atoms with Crippen LogP contribution in [0.15, 0.2) is 53.1 Å². The van der Waals surface area contributed by atoms with E-state index in [0.717, 1.165) is 19.3 Å². The lowest BCUT2D eigenvalue weighted by molar-refractivity contribution is -0.117. The highest BCUT2D eigenvalue weighted by Crippen LogP contribution is 2.38. The SMILES string of the molecule is CC1CC1C(=O)Nc1cccc(C(=O)N2CCCC(c3nc(-c4cccc(F)c4)no3)C2)c1. The Bertz CT molecular complexity index is 1190. The average Bonchev–Trinajstić information content (AvgIpc) is 3.36. The first kappa shape index (κ1) is 21.3. The second kappa shape index (κ2) is 8.77. The van der Waals surface area contributed by atoms with E-state index in [1.54, 1.807) is 41.3 Å². The van der Waals surface area contributed by atoms with E-state index in [4.69, 9.17) is 4.52 Å². The molecule has 1 aliphatic heterocycles. The Morgan fingerprint density at radius 1 is 1.18 bits per heavy atom. The molecule has 8 heteroatoms. The third kappa shape index (κ3) is 4.65. The zero-order valence-electron chi connectivity index (χ0n) is 18.3. The number of piperidine rings is 1. The minimum Gasteiger partial charge on any atom is -0.339 e. The molecule has 0 radical (unpaired) electrons. The van der Waals surface area contributed by atoms with Crippen molar-refractivity contribution >= 4 is 17.5 Å². The molecule has 1 aliphatic carbocycles. The molecule has 5 rings (SSSR count). The van der Waals surface area contributed by atoms with Crippen LogP contribution in [0.5, 0.6) is 0 Å². The summed E-state index contributed by atoms with van der Waals surface area (Å²) >= 11 is 0. The number of rotatable bonds is 5. The highest BCUT2D eigenvalue weighted by atomic mass is 19.1. The largest absolute Gasteiger partial charge is 0.339 e. The van der Waals surface area contributed by atoms with Gasteiger partial charge in [-0.2, -0.15) is 4.98 Å². The number of likely N-dealkylation sites (tertiary alicyclic amines) is 1. The van der Waals surface area contributed by atoms with Gasteiger partial charge in [0.1, 0.15) is 5.82 Å². The van der Waals surface area contributed by atoms with Gasteiger partial charge in [0.05, 0.1) is 5.92 Å². The summed E-state index contributed by atoms with van der Waals surface area (Å²) in [5.41, 5.74) is 1.71. The number of aromatic nitrogens is 2. The van der Waals surface area contributed by atoms with Crippen LogP contribution in [0.1, 0.15) is 48.4 Å². The number of nitrogens with one attached hydrogen (secondary N) is 1. The summed E-state index contributed by atoms with van der Waals surface area (Å²) in [6.45, 7) is 3.15. The van der Waals surface area contributed by atoms with E-state index in [2.05, 4.69) is 22.4 Å². The molecule has 2 heterocycles. The molecule has 1 saturated carbocycles. The van der Waals surface area contributed by atoms with Crippen LogP contribution in [-0.2, 0) is 4.79 Å². The van der Waals surface area contributed by atoms with Crippen molar-refractivity contribution in [3.63, 3.8) is 0 Å². The first-order chi connectivity index (χ1) is 16.0. The van der Waals surface area contributed by atoms with E-state index < -0.39 is 0 Å². The highest BCUT2D eigenvalue weighted by molar-refractivity contribution is 5.98. The van der Waals surface area contributed by atoms with E-state index >= 15 is 0 Å². The van der Waals surface area contributed by atoms with Crippen LogP contribution in [0, 0.1) is 17.7 Å². The number of carbonyl (C=O) groups is 2. The number of carbonyl (C=O) groups excluding carboxylic acids is 2. The Labute approximate surface area is 191 Å². The second-order valence-corrected chi connectivity index (χ2v) is 8.95. The third-order valence-corrected chi connectivity index (χ3v) is 6.41. The highest BCUT2D eigenvalue weighted by Gasteiger charge is 2.39. The van der Waals surface area contributed by atoms with Crippen molar-refractivity contribution in [3.8, 4) is 11.4 Å². The fraction of sp³-hybridized carbons (Fsp3) is 0.360. The molecule has 170 valence electrons. The first-order valence-electron chi connectivity index (χ1n) is 11.3. The van der Waals surface area contributed by atoms with Gasteiger partial charge in [0.2, 0.25) is 17.6 Å². The first-order valence-corrected chi connectivity index (χ1v) is 11.3. The fourth-order valence-corrected chi connectivity index (χ4v) is 4.34. The lowest BCUT2D eigenvalue weighted by Gasteiger charge is -2.31. The zero-order chi connectivity index (χ0) is 22.9. The van der Waals surface area contributed by atoms with Crippen molar-refractivity contribution < 1.29 is 18.5 Å². The van der Waals surface area contributed by atoms with Crippen LogP contribution < -0.4 is 5.32 Å². The van der Waals surface area contributed by atoms with Gasteiger partial charge in [0, 0.05) is 35.8 Å². The molecule has 2 amide bonds. The molecule has 1 N–H and O–H groups in total. The molecule has 3 unspecified atom stereocenters. The van der Waals surface area contributed by atoms with Crippen LogP contribution in [0.2, 0.25) is 0 Å². The van der Waals surface area contributed by atoms with E-state index in [1.165, 1.54) is 12.1 Å². The van der Waals surface area contributed by atoms with Gasteiger partial charge in [-0.3, -0.25) is 9.59 Å². The van der Waals surface area contributed by atoms with Crippen LogP contribution in [0.4, 0.5) is 10.1 Å². The number of anilines is 1. The van der Waals surface area contributed by atoms with Crippen molar-refractivity contribution in [1.29, 1.82) is 0 Å². The van der Waals surface area contributed by atoms with Gasteiger partial charge in [-0.15, -0.1) is 0 Å². The zero-order valence-corrected chi connectivity index (χ0v) is 18.3. The van der Waals surface area contributed by atoms with Crippen LogP contribution in [0.25, 0.3) is 11.4 Å². The standard InChI is InChI=1S/C25H25FN4O3/c1-15-11-21(15)23(31)27-20-9-3-6-17(13-20)25(32)30-10-4-7-18(14-30)24-28-22(29-33-24)16-5-2-8-19(26)12-16/h2-3,5-6,8-9,12-13,15,18,21H,4,7,10-11,14H2,1H3,(H,27,31). The van der Waals surface area contributed by atoms with Gasteiger partial charge in [0.25, 0.3) is 5.91 Å². The average molecular weight is 448 g/mol. The molecule has 2 fully saturated rings. The molecule has 1 saturated heterocycles. The van der Waals surface area contributed by atoms with Gasteiger partial charge in [-0.05, 0) is 55.5 Å². The Morgan fingerprint density at radius 2 is 2.00 bits per heavy atom. The maximum atomic E-state index is 13.5. The fourth-order valence-electron chi connectivity index (χ4n) is 4.34. The molecule has 1 aromatic heterocycles. The Hall–Kier alpha value is -3.55. The van der Waals surface area contributed by atoms with Gasteiger partial charge in [0.15, 0.2) is 0 Å². The monoisotopic (exact) mass is 448 g/mol. The summed E-state index contributed by atoms with van der Waals surface area (Å²) in [6.07, 6.45) is 2.55. The van der Waals surface area contributed by atoms with Gasteiger partial charge in [-0.25, -0.2) is 4.39 Å². The van der Waals surface area contributed by atoms with Gasteiger partial charge in [-0.1, -0.05) is 30.3 Å². The topological polar surface area (TPSA) is 88.3 Å². The summed E-state index contributed by atoms with van der Waals surface area (Å²) in [4.78, 5) is 31.7. The molecule has 3 atom stereocenters. The van der Waals surface area contributed by atoms with Crippen LogP contribution >= 0.6 is 0 Å². The number of hydrogen-bond donors (Lipinski definition) is 1. The maximum absolute atomic E-state index is 13.5. The van der Waals surface area contributed by atoms with Crippen molar-refractivity contribution in [2.45, 2.75) is 32.1 Å². The van der Waals surface area contributed by atoms with Crippen LogP contribution in [0.3, 0.4) is 0 Å². The Morgan fingerprint density at radius 3 is 2.79 bits per heavy atom. The molecular formula is C25H25FN4O3. The quantitative estimate of drug-likeness (QED) is 0.621. The smallest absolute Gasteiger partial charge is 0.253 e. The van der Waals surface area contributed by atoms with Gasteiger partial charge < -0.3 is 14.7 Å². The third-order valence-electron chi connectivity index (χ3n) is 6.41. The summed E-state index contributed by atoms with van der Waals surface area (Å²) in [5.74, 6) is 0.740. The molecule has 3 aromatic rings. The van der Waals surface area contributed by atoms with Crippen molar-refractivity contribution in [2.75, 3.05) is 18.4 Å². The molecule has 0 bridgehead atoms. The minimum atomic E-state index is -0.363. The predicted molar refractivity (Wildman–Crippen MR) is 120 cm³/mol. The lowest BCUT2D eigenvalue weighted by atomic mass is 9.97. The van der Waals surface area contributed by atoms with E-state index in [1.807, 2.05) is 0 Å². The summed E-state index contributed by atoms with van der Waals surface area (Å²) in [5, 5.41) is 6.92. The van der Waals surface area contributed by atoms with E-state index in [0.29, 0.717) is 47.5 Å². The summed E-state index contributed by atoms with van der Waals surface area (Å²) < 4.78 is 19.0. The van der Waals surface area contributed by atoms with E-state index in [9.17, 15) is 14.0 Å². The Kier molecular flexibility index (Phi) is 5.66. The summed E-state index contributed by atoms with van der Waals surface area (Å²) in [7, 11) is 0. The second-order valence-electron chi connectivity index (χ2n) is 8.95. The maximum Gasteiger partial charge on any atom is 0.253 e. The normalized spacial score (nSPS) is 22.1. The number of benzene rings is 2. The van der Waals surface area contributed by atoms with Crippen molar-refractivity contribution in [1.82, 2.24) is 15.0 Å². The predicted octanol–water partition coefficient (Wildman–Crippen LogP) is 4.49. The number of nitrogens with zero attached hydrogens (tertiary/aromatic N) is 3. The molecule has 0 spiro atoms.